The Morgan fingerprint density at radius 3 is 2.57 bits per heavy atom. The van der Waals surface area contributed by atoms with Crippen LogP contribution < -0.4 is 4.74 Å². The Kier molecular flexibility index (Phi) is 7.30. The highest BCUT2D eigenvalue weighted by atomic mass is 19.4. The van der Waals surface area contributed by atoms with Crippen LogP contribution in [0.25, 0.3) is 5.57 Å². The Morgan fingerprint density at radius 1 is 1.11 bits per heavy atom. The summed E-state index contributed by atoms with van der Waals surface area (Å²) in [5, 5.41) is 9.09. The number of carbonyl (C=O) groups is 1. The van der Waals surface area contributed by atoms with Crippen molar-refractivity contribution in [3.63, 3.8) is 0 Å². The summed E-state index contributed by atoms with van der Waals surface area (Å²) >= 11 is 0. The van der Waals surface area contributed by atoms with Crippen LogP contribution in [0.1, 0.15) is 79.4 Å². The maximum absolute atomic E-state index is 13.8. The summed E-state index contributed by atoms with van der Waals surface area (Å²) in [6, 6.07) is 9.11. The molecule has 0 atom stereocenters. The number of carboxylic acids is 1. The molecule has 8 heteroatoms. The summed E-state index contributed by atoms with van der Waals surface area (Å²) in [6.07, 6.45) is 1.84. The first-order valence-corrected chi connectivity index (χ1v) is 13.2. The predicted molar refractivity (Wildman–Crippen MR) is 134 cm³/mol. The van der Waals surface area contributed by atoms with Gasteiger partial charge in [0.2, 0.25) is 0 Å². The van der Waals surface area contributed by atoms with Crippen LogP contribution >= 0.6 is 0 Å². The smallest absolute Gasteiger partial charge is 0.433 e. The second-order valence-electron chi connectivity index (χ2n) is 10.6. The number of carboxylic acid groups (broad SMARTS) is 1. The molecule has 0 spiro atoms. The van der Waals surface area contributed by atoms with Crippen molar-refractivity contribution >= 4 is 11.5 Å². The Balaban J connectivity index is 1.26. The number of halogens is 3. The van der Waals surface area contributed by atoms with Crippen molar-refractivity contribution in [1.82, 2.24) is 9.88 Å². The second-order valence-corrected chi connectivity index (χ2v) is 10.6. The van der Waals surface area contributed by atoms with E-state index < -0.39 is 17.8 Å². The highest BCUT2D eigenvalue weighted by Gasteiger charge is 2.38. The molecule has 198 valence electrons. The zero-order valence-electron chi connectivity index (χ0n) is 21.1. The molecular weight excluding hydrogens is 481 g/mol. The van der Waals surface area contributed by atoms with Crippen molar-refractivity contribution < 1.29 is 27.8 Å². The van der Waals surface area contributed by atoms with Crippen molar-refractivity contribution in [2.45, 2.75) is 70.6 Å². The molecule has 5 rings (SSSR count). The van der Waals surface area contributed by atoms with Gasteiger partial charge in [-0.1, -0.05) is 37.0 Å². The first-order valence-electron chi connectivity index (χ1n) is 13.2. The molecule has 1 aromatic carbocycles. The van der Waals surface area contributed by atoms with Crippen LogP contribution in [0.15, 0.2) is 35.9 Å². The van der Waals surface area contributed by atoms with E-state index in [1.165, 1.54) is 11.1 Å². The van der Waals surface area contributed by atoms with E-state index in [-0.39, 0.29) is 24.1 Å². The lowest BCUT2D eigenvalue weighted by atomic mass is 9.83. The Labute approximate surface area is 215 Å². The molecule has 0 bridgehead atoms. The second kappa shape index (κ2) is 10.5. The van der Waals surface area contributed by atoms with Crippen LogP contribution in [0.2, 0.25) is 0 Å². The first kappa shape index (κ1) is 25.8. The number of pyridine rings is 1. The van der Waals surface area contributed by atoms with Crippen molar-refractivity contribution in [3.05, 3.63) is 64.0 Å². The van der Waals surface area contributed by atoms with Crippen molar-refractivity contribution in [3.8, 4) is 5.75 Å². The third-order valence-corrected chi connectivity index (χ3v) is 8.11. The third kappa shape index (κ3) is 5.69. The fourth-order valence-corrected chi connectivity index (χ4v) is 5.94. The number of aliphatic carboxylic acids is 1. The minimum Gasteiger partial charge on any atom is -0.487 e. The number of benzene rings is 1. The Hall–Kier alpha value is -2.87. The summed E-state index contributed by atoms with van der Waals surface area (Å²) in [5.41, 5.74) is 4.67. The van der Waals surface area contributed by atoms with Gasteiger partial charge < -0.3 is 9.84 Å². The van der Waals surface area contributed by atoms with E-state index in [1.807, 2.05) is 18.2 Å². The topological polar surface area (TPSA) is 62.7 Å². The van der Waals surface area contributed by atoms with Gasteiger partial charge in [0.15, 0.2) is 0 Å². The van der Waals surface area contributed by atoms with Gasteiger partial charge >= 0.3 is 12.1 Å². The zero-order chi connectivity index (χ0) is 26.2. The molecule has 0 unspecified atom stereocenters. The standard InChI is InChI=1S/C29H33F3N2O3/c1-18-21(14-34-15-22(16-34)28(35)36)8-7-20-13-24(10-12-25(18)20)37-17-23-9-11-26(19-5-3-2-4-6-19)27(33-23)29(30,31)32/h9-13,19,22H,2-8,14-17H2,1H3,(H,35,36). The molecule has 2 heterocycles. The number of ether oxygens (including phenoxy) is 1. The third-order valence-electron chi connectivity index (χ3n) is 8.11. The molecule has 0 radical (unpaired) electrons. The van der Waals surface area contributed by atoms with E-state index in [0.29, 0.717) is 24.4 Å². The molecule has 2 fully saturated rings. The number of nitrogens with zero attached hydrogens (tertiary/aromatic N) is 2. The van der Waals surface area contributed by atoms with Gasteiger partial charge in [0.05, 0.1) is 11.6 Å². The van der Waals surface area contributed by atoms with E-state index in [1.54, 1.807) is 12.1 Å². The molecule has 1 saturated carbocycles. The van der Waals surface area contributed by atoms with Gasteiger partial charge in [-0.05, 0) is 79.0 Å². The Morgan fingerprint density at radius 2 is 1.86 bits per heavy atom. The number of allylic oxidation sites excluding steroid dienone is 1. The largest absolute Gasteiger partial charge is 0.487 e. The average molecular weight is 515 g/mol. The van der Waals surface area contributed by atoms with E-state index in [9.17, 15) is 18.0 Å². The van der Waals surface area contributed by atoms with E-state index in [4.69, 9.17) is 9.84 Å². The van der Waals surface area contributed by atoms with Crippen LogP contribution in [0.4, 0.5) is 13.2 Å². The van der Waals surface area contributed by atoms with Crippen LogP contribution in [0, 0.1) is 5.92 Å². The molecular formula is C29H33F3N2O3. The summed E-state index contributed by atoms with van der Waals surface area (Å²) in [7, 11) is 0. The number of hydrogen-bond acceptors (Lipinski definition) is 4. The number of fused-ring (bicyclic) bond motifs is 1. The molecule has 3 aliphatic rings. The van der Waals surface area contributed by atoms with Crippen LogP contribution in [0.3, 0.4) is 0 Å². The maximum Gasteiger partial charge on any atom is 0.433 e. The Bertz CT molecular complexity index is 1200. The molecule has 0 amide bonds. The molecule has 1 saturated heterocycles. The lowest BCUT2D eigenvalue weighted by Crippen LogP contribution is -2.50. The number of aromatic nitrogens is 1. The van der Waals surface area contributed by atoms with Crippen LogP contribution in [0.5, 0.6) is 5.75 Å². The fourth-order valence-electron chi connectivity index (χ4n) is 5.94. The van der Waals surface area contributed by atoms with Gasteiger partial charge in [-0.15, -0.1) is 0 Å². The van der Waals surface area contributed by atoms with Gasteiger partial charge in [-0.2, -0.15) is 13.2 Å². The first-order chi connectivity index (χ1) is 17.7. The summed E-state index contributed by atoms with van der Waals surface area (Å²) in [5.74, 6) is -0.446. The van der Waals surface area contributed by atoms with E-state index in [0.717, 1.165) is 62.6 Å². The van der Waals surface area contributed by atoms with Crippen LogP contribution in [-0.2, 0) is 24.0 Å². The highest BCUT2D eigenvalue weighted by Crippen LogP contribution is 2.40. The van der Waals surface area contributed by atoms with Crippen LogP contribution in [-0.4, -0.2) is 40.6 Å². The minimum atomic E-state index is -4.49. The molecule has 1 N–H and O–H groups in total. The van der Waals surface area contributed by atoms with Gasteiger partial charge in [-0.3, -0.25) is 9.69 Å². The predicted octanol–water partition coefficient (Wildman–Crippen LogP) is 6.46. The maximum atomic E-state index is 13.8. The minimum absolute atomic E-state index is 0.0212. The highest BCUT2D eigenvalue weighted by molar-refractivity contribution is 5.73. The SMILES string of the molecule is CC1=C(CN2CC(C(=O)O)C2)CCc2cc(OCc3ccc(C4CCCCC4)c(C(F)(F)F)n3)ccc21. The van der Waals surface area contributed by atoms with Gasteiger partial charge in [0, 0.05) is 19.6 Å². The summed E-state index contributed by atoms with van der Waals surface area (Å²) < 4.78 is 47.4. The molecule has 5 nitrogen and oxygen atoms in total. The van der Waals surface area contributed by atoms with E-state index in [2.05, 4.69) is 16.8 Å². The number of rotatable bonds is 7. The van der Waals surface area contributed by atoms with Crippen molar-refractivity contribution in [2.24, 2.45) is 5.92 Å². The normalized spacial score (nSPS) is 19.5. The zero-order valence-corrected chi connectivity index (χ0v) is 21.1. The number of aryl methyl sites for hydroxylation is 1. The van der Waals surface area contributed by atoms with Crippen molar-refractivity contribution in [1.29, 1.82) is 0 Å². The molecule has 2 aliphatic carbocycles. The molecule has 2 aromatic rings. The van der Waals surface area contributed by atoms with Gasteiger partial charge in [0.1, 0.15) is 18.1 Å². The number of alkyl halides is 3. The van der Waals surface area contributed by atoms with Crippen molar-refractivity contribution in [2.75, 3.05) is 19.6 Å². The lowest BCUT2D eigenvalue weighted by Gasteiger charge is -2.38. The summed E-state index contributed by atoms with van der Waals surface area (Å²) in [4.78, 5) is 17.2. The van der Waals surface area contributed by atoms with Gasteiger partial charge in [-0.25, -0.2) is 4.98 Å². The lowest BCUT2D eigenvalue weighted by molar-refractivity contribution is -0.147. The molecule has 37 heavy (non-hydrogen) atoms. The monoisotopic (exact) mass is 514 g/mol. The average Bonchev–Trinajstić information content (AvgIpc) is 2.85. The molecule has 1 aliphatic heterocycles. The summed E-state index contributed by atoms with van der Waals surface area (Å²) in [6.45, 7) is 4.05. The van der Waals surface area contributed by atoms with Gasteiger partial charge in [0.25, 0.3) is 0 Å². The fraction of sp³-hybridized carbons (Fsp3) is 0.517. The number of likely N-dealkylation sites (tertiary alicyclic amines) is 1. The quantitative estimate of drug-likeness (QED) is 0.459. The molecule has 1 aromatic heterocycles. The number of hydrogen-bond donors (Lipinski definition) is 1. The van der Waals surface area contributed by atoms with E-state index >= 15 is 0 Å².